The Morgan fingerprint density at radius 3 is 2.55 bits per heavy atom. The van der Waals surface area contributed by atoms with Crippen molar-refractivity contribution in [3.63, 3.8) is 0 Å². The first-order chi connectivity index (χ1) is 16.2. The van der Waals surface area contributed by atoms with Crippen LogP contribution in [0.25, 0.3) is 5.69 Å². The van der Waals surface area contributed by atoms with Crippen molar-refractivity contribution in [2.45, 2.75) is 12.0 Å². The number of aromatic nitrogens is 3. The summed E-state index contributed by atoms with van der Waals surface area (Å²) in [6.07, 6.45) is 3.16. The highest BCUT2D eigenvalue weighted by Gasteiger charge is 2.57. The Morgan fingerprint density at radius 2 is 1.73 bits per heavy atom. The van der Waals surface area contributed by atoms with Crippen molar-refractivity contribution in [1.82, 2.24) is 14.8 Å². The van der Waals surface area contributed by atoms with Crippen LogP contribution in [-0.4, -0.2) is 34.1 Å². The normalized spacial score (nSPS) is 19.6. The quantitative estimate of drug-likeness (QED) is 0.489. The highest BCUT2D eigenvalue weighted by molar-refractivity contribution is 6.11. The molecular formula is C25H18N4O4. The Kier molecular flexibility index (Phi) is 3.64. The van der Waals surface area contributed by atoms with E-state index >= 15 is 0 Å². The van der Waals surface area contributed by atoms with Crippen LogP contribution in [0, 0.1) is 0 Å². The van der Waals surface area contributed by atoms with Crippen LogP contribution in [0.4, 0.5) is 5.69 Å². The maximum atomic E-state index is 14.1. The average Bonchev–Trinajstić information content (AvgIpc) is 3.64. The first-order valence-electron chi connectivity index (χ1n) is 10.7. The number of benzene rings is 3. The molecule has 0 saturated heterocycles. The van der Waals surface area contributed by atoms with E-state index in [9.17, 15) is 4.79 Å². The standard InChI is InChI=1S/C25H18N4O4/c30-24-25(12-31-21-10-23-22(9-19(21)25)32-15-33-23)18-3-1-2-4-20(18)28(24)11-16-5-7-17(8-6-16)29-14-26-13-27-29/h1-10,13-14H,11-12,15H2. The summed E-state index contributed by atoms with van der Waals surface area (Å²) in [5.41, 5.74) is 3.71. The summed E-state index contributed by atoms with van der Waals surface area (Å²) in [6, 6.07) is 19.6. The molecule has 162 valence electrons. The predicted octanol–water partition coefficient (Wildman–Crippen LogP) is 3.22. The van der Waals surface area contributed by atoms with Gasteiger partial charge in [0.1, 0.15) is 30.4 Å². The molecule has 1 atom stereocenters. The number of nitrogens with zero attached hydrogens (tertiary/aromatic N) is 4. The number of amides is 1. The molecule has 0 radical (unpaired) electrons. The summed E-state index contributed by atoms with van der Waals surface area (Å²) < 4.78 is 18.8. The van der Waals surface area contributed by atoms with Crippen molar-refractivity contribution in [3.8, 4) is 22.9 Å². The molecule has 4 heterocycles. The number of carbonyl (C=O) groups is 1. The van der Waals surface area contributed by atoms with Gasteiger partial charge in [0.25, 0.3) is 0 Å². The molecule has 0 fully saturated rings. The lowest BCUT2D eigenvalue weighted by Gasteiger charge is -2.23. The van der Waals surface area contributed by atoms with Crippen LogP contribution in [0.3, 0.4) is 0 Å². The monoisotopic (exact) mass is 438 g/mol. The zero-order valence-corrected chi connectivity index (χ0v) is 17.5. The van der Waals surface area contributed by atoms with Crippen LogP contribution >= 0.6 is 0 Å². The van der Waals surface area contributed by atoms with E-state index in [1.165, 1.54) is 6.33 Å². The number of rotatable bonds is 3. The first-order valence-corrected chi connectivity index (χ1v) is 10.7. The van der Waals surface area contributed by atoms with Gasteiger partial charge in [-0.05, 0) is 35.4 Å². The minimum Gasteiger partial charge on any atom is -0.491 e. The number of ether oxygens (including phenoxy) is 3. The zero-order chi connectivity index (χ0) is 22.0. The van der Waals surface area contributed by atoms with Gasteiger partial charge in [-0.1, -0.05) is 30.3 Å². The SMILES string of the molecule is O=C1N(Cc2ccc(-n3cncn3)cc2)c2ccccc2C12COc1cc3c(cc12)OCO3. The van der Waals surface area contributed by atoms with Crippen LogP contribution in [0.5, 0.6) is 17.2 Å². The van der Waals surface area contributed by atoms with Crippen molar-refractivity contribution >= 4 is 11.6 Å². The van der Waals surface area contributed by atoms with Gasteiger partial charge in [-0.2, -0.15) is 5.10 Å². The molecule has 1 unspecified atom stereocenters. The van der Waals surface area contributed by atoms with E-state index in [0.29, 0.717) is 23.8 Å². The minimum absolute atomic E-state index is 0.00154. The first kappa shape index (κ1) is 18.3. The Morgan fingerprint density at radius 1 is 0.909 bits per heavy atom. The number of hydrogen-bond donors (Lipinski definition) is 0. The minimum atomic E-state index is -0.895. The van der Waals surface area contributed by atoms with Crippen molar-refractivity contribution in [2.75, 3.05) is 18.3 Å². The van der Waals surface area contributed by atoms with E-state index in [-0.39, 0.29) is 19.3 Å². The molecule has 33 heavy (non-hydrogen) atoms. The summed E-state index contributed by atoms with van der Waals surface area (Å²) in [4.78, 5) is 19.9. The van der Waals surface area contributed by atoms with Gasteiger partial charge >= 0.3 is 0 Å². The number of anilines is 1. The molecule has 0 saturated carbocycles. The molecule has 8 nitrogen and oxygen atoms in total. The Bertz CT molecular complexity index is 1400. The van der Waals surface area contributed by atoms with Crippen molar-refractivity contribution in [2.24, 2.45) is 0 Å². The number of carbonyl (C=O) groups excluding carboxylic acids is 1. The van der Waals surface area contributed by atoms with E-state index < -0.39 is 5.41 Å². The molecule has 7 rings (SSSR count). The maximum Gasteiger partial charge on any atom is 0.246 e. The zero-order valence-electron chi connectivity index (χ0n) is 17.5. The Labute approximate surface area is 188 Å². The second-order valence-corrected chi connectivity index (χ2v) is 8.31. The second-order valence-electron chi connectivity index (χ2n) is 8.31. The lowest BCUT2D eigenvalue weighted by molar-refractivity contribution is -0.122. The summed E-state index contributed by atoms with van der Waals surface area (Å²) in [7, 11) is 0. The maximum absolute atomic E-state index is 14.1. The topological polar surface area (TPSA) is 78.7 Å². The molecule has 3 aliphatic rings. The van der Waals surface area contributed by atoms with E-state index in [1.54, 1.807) is 11.0 Å². The van der Waals surface area contributed by atoms with Gasteiger partial charge in [-0.15, -0.1) is 0 Å². The van der Waals surface area contributed by atoms with Gasteiger partial charge in [-0.25, -0.2) is 9.67 Å². The van der Waals surface area contributed by atoms with Crippen LogP contribution in [0.15, 0.2) is 73.3 Å². The molecule has 0 bridgehead atoms. The third kappa shape index (κ3) is 2.48. The molecule has 3 aliphatic heterocycles. The van der Waals surface area contributed by atoms with Crippen LogP contribution < -0.4 is 19.1 Å². The largest absolute Gasteiger partial charge is 0.491 e. The molecule has 1 amide bonds. The molecule has 4 aromatic rings. The molecule has 1 spiro atoms. The molecular weight excluding hydrogens is 420 g/mol. The summed E-state index contributed by atoms with van der Waals surface area (Å²) in [6.45, 7) is 0.879. The van der Waals surface area contributed by atoms with Crippen molar-refractivity contribution in [1.29, 1.82) is 0 Å². The van der Waals surface area contributed by atoms with E-state index in [2.05, 4.69) is 10.1 Å². The molecule has 0 N–H and O–H groups in total. The smallest absolute Gasteiger partial charge is 0.246 e. The van der Waals surface area contributed by atoms with E-state index in [1.807, 2.05) is 65.6 Å². The highest BCUT2D eigenvalue weighted by Crippen LogP contribution is 2.55. The molecule has 8 heteroatoms. The summed E-state index contributed by atoms with van der Waals surface area (Å²) in [5.74, 6) is 1.96. The van der Waals surface area contributed by atoms with Crippen molar-refractivity contribution in [3.05, 3.63) is 90.0 Å². The fourth-order valence-electron chi connectivity index (χ4n) is 5.00. The number of para-hydroxylation sites is 1. The highest BCUT2D eigenvalue weighted by atomic mass is 16.7. The molecule has 1 aromatic heterocycles. The van der Waals surface area contributed by atoms with Crippen LogP contribution in [0.2, 0.25) is 0 Å². The van der Waals surface area contributed by atoms with Gasteiger partial charge in [0, 0.05) is 17.3 Å². The van der Waals surface area contributed by atoms with Crippen molar-refractivity contribution < 1.29 is 19.0 Å². The van der Waals surface area contributed by atoms with E-state index in [0.717, 1.165) is 28.1 Å². The third-order valence-corrected chi connectivity index (χ3v) is 6.60. The van der Waals surface area contributed by atoms with Crippen LogP contribution in [-0.2, 0) is 16.8 Å². The van der Waals surface area contributed by atoms with Gasteiger partial charge in [0.2, 0.25) is 12.7 Å². The molecule has 0 aliphatic carbocycles. The lowest BCUT2D eigenvalue weighted by Crippen LogP contribution is -2.42. The fourth-order valence-corrected chi connectivity index (χ4v) is 5.00. The van der Waals surface area contributed by atoms with E-state index in [4.69, 9.17) is 14.2 Å². The van der Waals surface area contributed by atoms with Crippen LogP contribution in [0.1, 0.15) is 16.7 Å². The Balaban J connectivity index is 1.29. The second kappa shape index (κ2) is 6.59. The number of fused-ring (bicyclic) bond motifs is 5. The fraction of sp³-hybridized carbons (Fsp3) is 0.160. The summed E-state index contributed by atoms with van der Waals surface area (Å²) in [5, 5.41) is 4.16. The van der Waals surface area contributed by atoms with Gasteiger partial charge in [0.05, 0.1) is 12.2 Å². The summed E-state index contributed by atoms with van der Waals surface area (Å²) >= 11 is 0. The average molecular weight is 438 g/mol. The van der Waals surface area contributed by atoms with Gasteiger partial charge < -0.3 is 19.1 Å². The molecule has 3 aromatic carbocycles. The third-order valence-electron chi connectivity index (χ3n) is 6.60. The van der Waals surface area contributed by atoms with Gasteiger partial charge in [0.15, 0.2) is 11.5 Å². The van der Waals surface area contributed by atoms with Gasteiger partial charge in [-0.3, -0.25) is 4.79 Å². The lowest BCUT2D eigenvalue weighted by atomic mass is 9.77. The number of hydrogen-bond acceptors (Lipinski definition) is 6. The predicted molar refractivity (Wildman–Crippen MR) is 118 cm³/mol. The Hall–Kier alpha value is -4.33.